The molecular formula is C10H20N2. The van der Waals surface area contributed by atoms with Crippen LogP contribution >= 0.6 is 0 Å². The predicted octanol–water partition coefficient (Wildman–Crippen LogP) is 1.67. The molecule has 0 spiro atoms. The van der Waals surface area contributed by atoms with Crippen LogP contribution in [0.2, 0.25) is 0 Å². The van der Waals surface area contributed by atoms with Gasteiger partial charge in [-0.15, -0.1) is 12.3 Å². The van der Waals surface area contributed by atoms with Crippen LogP contribution in [-0.2, 0) is 0 Å². The first kappa shape index (κ1) is 11.5. The van der Waals surface area contributed by atoms with Crippen molar-refractivity contribution in [3.8, 4) is 12.3 Å². The molecule has 0 fully saturated rings. The van der Waals surface area contributed by atoms with Gasteiger partial charge >= 0.3 is 0 Å². The third-order valence-corrected chi connectivity index (χ3v) is 2.43. The van der Waals surface area contributed by atoms with E-state index in [1.165, 1.54) is 0 Å². The normalized spacial score (nSPS) is 12.9. The van der Waals surface area contributed by atoms with Crippen molar-refractivity contribution in [2.24, 2.45) is 11.8 Å². The van der Waals surface area contributed by atoms with Gasteiger partial charge in [-0.2, -0.15) is 0 Å². The molecule has 0 radical (unpaired) electrons. The van der Waals surface area contributed by atoms with E-state index in [1.54, 1.807) is 0 Å². The number of terminal acetylenes is 1. The van der Waals surface area contributed by atoms with Crippen molar-refractivity contribution in [3.05, 3.63) is 0 Å². The fourth-order valence-electron chi connectivity index (χ4n) is 1.55. The zero-order chi connectivity index (χ0) is 9.40. The summed E-state index contributed by atoms with van der Waals surface area (Å²) in [6, 6.07) is 0.385. The van der Waals surface area contributed by atoms with E-state index in [9.17, 15) is 0 Å². The van der Waals surface area contributed by atoms with Gasteiger partial charge < -0.3 is 0 Å². The van der Waals surface area contributed by atoms with E-state index in [0.29, 0.717) is 12.0 Å². The summed E-state index contributed by atoms with van der Waals surface area (Å²) in [5.74, 6) is 8.74. The van der Waals surface area contributed by atoms with Gasteiger partial charge in [-0.1, -0.05) is 26.7 Å². The molecule has 1 atom stereocenters. The van der Waals surface area contributed by atoms with Gasteiger partial charge in [0.2, 0.25) is 0 Å². The van der Waals surface area contributed by atoms with Crippen LogP contribution < -0.4 is 11.3 Å². The molecule has 0 aromatic carbocycles. The van der Waals surface area contributed by atoms with Crippen molar-refractivity contribution >= 4 is 0 Å². The van der Waals surface area contributed by atoms with Crippen LogP contribution in [0.25, 0.3) is 0 Å². The summed E-state index contributed by atoms with van der Waals surface area (Å²) in [4.78, 5) is 0. The Bertz CT molecular complexity index is 133. The minimum atomic E-state index is 0.385. The molecule has 0 amide bonds. The topological polar surface area (TPSA) is 38.0 Å². The van der Waals surface area contributed by atoms with Crippen LogP contribution in [-0.4, -0.2) is 6.04 Å². The van der Waals surface area contributed by atoms with E-state index in [2.05, 4.69) is 25.2 Å². The lowest BCUT2D eigenvalue weighted by Gasteiger charge is -2.23. The van der Waals surface area contributed by atoms with Crippen LogP contribution in [0.15, 0.2) is 0 Å². The first-order chi connectivity index (χ1) is 5.79. The average Bonchev–Trinajstić information content (AvgIpc) is 2.12. The van der Waals surface area contributed by atoms with E-state index in [4.69, 9.17) is 12.3 Å². The molecule has 2 nitrogen and oxygen atoms in total. The SMILES string of the molecule is C#CCCC(NN)C(CC)CC. The fourth-order valence-corrected chi connectivity index (χ4v) is 1.55. The second-order valence-corrected chi connectivity index (χ2v) is 3.09. The van der Waals surface area contributed by atoms with E-state index in [0.717, 1.165) is 25.7 Å². The maximum absolute atomic E-state index is 5.45. The van der Waals surface area contributed by atoms with Gasteiger partial charge in [0.25, 0.3) is 0 Å². The summed E-state index contributed by atoms with van der Waals surface area (Å²) in [6.45, 7) is 4.38. The summed E-state index contributed by atoms with van der Waals surface area (Å²) in [5.41, 5.74) is 2.84. The second-order valence-electron chi connectivity index (χ2n) is 3.09. The van der Waals surface area contributed by atoms with Gasteiger partial charge in [0.15, 0.2) is 0 Å². The van der Waals surface area contributed by atoms with Crippen molar-refractivity contribution in [3.63, 3.8) is 0 Å². The summed E-state index contributed by atoms with van der Waals surface area (Å²) < 4.78 is 0. The summed E-state index contributed by atoms with van der Waals surface area (Å²) in [6.07, 6.45) is 9.32. The Labute approximate surface area is 75.9 Å². The molecule has 2 heteroatoms. The molecule has 70 valence electrons. The average molecular weight is 168 g/mol. The molecule has 0 saturated carbocycles. The first-order valence-corrected chi connectivity index (χ1v) is 4.69. The fraction of sp³-hybridized carbons (Fsp3) is 0.800. The summed E-state index contributed by atoms with van der Waals surface area (Å²) in [7, 11) is 0. The molecule has 0 aliphatic carbocycles. The molecule has 12 heavy (non-hydrogen) atoms. The molecule has 0 aliphatic heterocycles. The van der Waals surface area contributed by atoms with Crippen molar-refractivity contribution in [2.45, 2.75) is 45.6 Å². The van der Waals surface area contributed by atoms with Crippen LogP contribution in [0.5, 0.6) is 0 Å². The molecule has 0 heterocycles. The Kier molecular flexibility index (Phi) is 6.84. The summed E-state index contributed by atoms with van der Waals surface area (Å²) >= 11 is 0. The highest BCUT2D eigenvalue weighted by Gasteiger charge is 2.15. The molecular weight excluding hydrogens is 148 g/mol. The van der Waals surface area contributed by atoms with Crippen LogP contribution in [0, 0.1) is 18.3 Å². The maximum Gasteiger partial charge on any atom is 0.0247 e. The first-order valence-electron chi connectivity index (χ1n) is 4.69. The number of hydrogen-bond donors (Lipinski definition) is 2. The molecule has 0 rings (SSSR count). The zero-order valence-electron chi connectivity index (χ0n) is 8.14. The molecule has 0 saturated heterocycles. The van der Waals surface area contributed by atoms with Crippen molar-refractivity contribution in [1.29, 1.82) is 0 Å². The lowest BCUT2D eigenvalue weighted by atomic mass is 9.91. The van der Waals surface area contributed by atoms with Gasteiger partial charge in [-0.3, -0.25) is 11.3 Å². The molecule has 1 unspecified atom stereocenters. The van der Waals surface area contributed by atoms with Crippen molar-refractivity contribution in [2.75, 3.05) is 0 Å². The Morgan fingerprint density at radius 1 is 1.42 bits per heavy atom. The molecule has 3 N–H and O–H groups in total. The van der Waals surface area contributed by atoms with E-state index in [-0.39, 0.29) is 0 Å². The number of nitrogens with one attached hydrogen (secondary N) is 1. The predicted molar refractivity (Wildman–Crippen MR) is 53.3 cm³/mol. The molecule has 0 aromatic heterocycles. The maximum atomic E-state index is 5.45. The van der Waals surface area contributed by atoms with Gasteiger partial charge in [0, 0.05) is 12.5 Å². The highest BCUT2D eigenvalue weighted by molar-refractivity contribution is 4.86. The highest BCUT2D eigenvalue weighted by atomic mass is 15.2. The lowest BCUT2D eigenvalue weighted by molar-refractivity contribution is 0.324. The Morgan fingerprint density at radius 2 is 2.00 bits per heavy atom. The van der Waals surface area contributed by atoms with E-state index < -0.39 is 0 Å². The standard InChI is InChI=1S/C10H20N2/c1-4-7-8-10(12-11)9(5-2)6-3/h1,9-10,12H,5-8,11H2,2-3H3. The third kappa shape index (κ3) is 3.75. The van der Waals surface area contributed by atoms with E-state index >= 15 is 0 Å². The number of nitrogens with two attached hydrogens (primary N) is 1. The van der Waals surface area contributed by atoms with Gasteiger partial charge in [-0.25, -0.2) is 0 Å². The third-order valence-electron chi connectivity index (χ3n) is 2.43. The minimum Gasteiger partial charge on any atom is -0.271 e. The monoisotopic (exact) mass is 168 g/mol. The molecule has 0 aliphatic rings. The quantitative estimate of drug-likeness (QED) is 0.360. The van der Waals surface area contributed by atoms with Gasteiger partial charge in [0.05, 0.1) is 0 Å². The number of hydrazine groups is 1. The Hall–Kier alpha value is -0.520. The van der Waals surface area contributed by atoms with Crippen LogP contribution in [0.4, 0.5) is 0 Å². The molecule has 0 bridgehead atoms. The van der Waals surface area contributed by atoms with Gasteiger partial charge in [-0.05, 0) is 12.3 Å². The Balaban J connectivity index is 3.85. The largest absolute Gasteiger partial charge is 0.271 e. The van der Waals surface area contributed by atoms with Gasteiger partial charge in [0.1, 0.15) is 0 Å². The molecule has 0 aromatic rings. The minimum absolute atomic E-state index is 0.385. The Morgan fingerprint density at radius 3 is 2.33 bits per heavy atom. The second kappa shape index (κ2) is 7.15. The number of rotatable bonds is 6. The van der Waals surface area contributed by atoms with Crippen molar-refractivity contribution < 1.29 is 0 Å². The highest BCUT2D eigenvalue weighted by Crippen LogP contribution is 2.16. The van der Waals surface area contributed by atoms with Crippen LogP contribution in [0.3, 0.4) is 0 Å². The summed E-state index contributed by atoms with van der Waals surface area (Å²) in [5, 5.41) is 0. The smallest absolute Gasteiger partial charge is 0.0247 e. The number of hydrogen-bond acceptors (Lipinski definition) is 2. The zero-order valence-corrected chi connectivity index (χ0v) is 8.14. The van der Waals surface area contributed by atoms with Crippen LogP contribution in [0.1, 0.15) is 39.5 Å². The lowest BCUT2D eigenvalue weighted by Crippen LogP contribution is -2.40. The van der Waals surface area contributed by atoms with E-state index in [1.807, 2.05) is 0 Å². The van der Waals surface area contributed by atoms with Crippen molar-refractivity contribution in [1.82, 2.24) is 5.43 Å².